The zero-order chi connectivity index (χ0) is 12.3. The third-order valence-corrected chi connectivity index (χ3v) is 4.39. The Morgan fingerprint density at radius 1 is 1.27 bits per heavy atom. The quantitative estimate of drug-likeness (QED) is 0.548. The van der Waals surface area contributed by atoms with Gasteiger partial charge in [0.1, 0.15) is 0 Å². The molecule has 0 radical (unpaired) electrons. The summed E-state index contributed by atoms with van der Waals surface area (Å²) in [6.07, 6.45) is 3.47. The lowest BCUT2D eigenvalue weighted by Gasteiger charge is -2.35. The number of halogens is 2. The maximum Gasteiger partial charge on any atom is 0.0501 e. The van der Waals surface area contributed by atoms with Crippen LogP contribution >= 0.6 is 27.5 Å². The molecule has 15 heavy (non-hydrogen) atoms. The monoisotopic (exact) mass is 294 g/mol. The Morgan fingerprint density at radius 2 is 1.73 bits per heavy atom. The fraction of sp³-hybridized carbons (Fsp3) is 0.846. The van der Waals surface area contributed by atoms with E-state index in [-0.39, 0.29) is 4.83 Å². The van der Waals surface area contributed by atoms with E-state index in [4.69, 9.17) is 11.6 Å². The maximum atomic E-state index is 5.90. The molecule has 0 spiro atoms. The highest BCUT2D eigenvalue weighted by molar-refractivity contribution is 9.09. The average Bonchev–Trinajstić information content (AvgIpc) is 2.01. The van der Waals surface area contributed by atoms with Gasteiger partial charge >= 0.3 is 0 Å². The molecular formula is C13H24BrCl. The van der Waals surface area contributed by atoms with Crippen LogP contribution in [-0.4, -0.2) is 4.83 Å². The van der Waals surface area contributed by atoms with Crippen LogP contribution in [0.25, 0.3) is 0 Å². The van der Waals surface area contributed by atoms with Gasteiger partial charge in [0.05, 0.1) is 4.83 Å². The molecule has 0 aromatic heterocycles. The third kappa shape index (κ3) is 6.63. The predicted molar refractivity (Wildman–Crippen MR) is 74.8 cm³/mol. The first kappa shape index (κ1) is 15.5. The van der Waals surface area contributed by atoms with Crippen LogP contribution in [0.15, 0.2) is 11.6 Å². The Hall–Kier alpha value is 0.510. The third-order valence-electron chi connectivity index (χ3n) is 2.99. The Labute approximate surface area is 109 Å². The van der Waals surface area contributed by atoms with Crippen LogP contribution in [0, 0.1) is 10.8 Å². The van der Waals surface area contributed by atoms with Gasteiger partial charge in [0.25, 0.3) is 0 Å². The molecule has 0 aromatic rings. The fourth-order valence-corrected chi connectivity index (χ4v) is 3.04. The number of rotatable bonds is 6. The lowest BCUT2D eigenvalue weighted by atomic mass is 9.72. The SMILES string of the molecule is C=C(Cl)C(Br)CC(C)(C)CC(C)(C)CC. The van der Waals surface area contributed by atoms with Crippen LogP contribution in [0.4, 0.5) is 0 Å². The van der Waals surface area contributed by atoms with E-state index < -0.39 is 0 Å². The van der Waals surface area contributed by atoms with Gasteiger partial charge in [-0.2, -0.15) is 0 Å². The molecule has 2 heteroatoms. The van der Waals surface area contributed by atoms with E-state index in [0.29, 0.717) is 15.9 Å². The first-order valence-corrected chi connectivity index (χ1v) is 6.87. The molecule has 0 N–H and O–H groups in total. The number of hydrogen-bond donors (Lipinski definition) is 0. The Kier molecular flexibility index (Phi) is 5.92. The number of allylic oxidation sites excluding steroid dienone is 1. The van der Waals surface area contributed by atoms with Crippen molar-refractivity contribution >= 4 is 27.5 Å². The average molecular weight is 296 g/mol. The molecule has 1 unspecified atom stereocenters. The lowest BCUT2D eigenvalue weighted by molar-refractivity contribution is 0.180. The minimum Gasteiger partial charge on any atom is -0.0886 e. The van der Waals surface area contributed by atoms with E-state index in [1.54, 1.807) is 0 Å². The summed E-state index contributed by atoms with van der Waals surface area (Å²) in [5.41, 5.74) is 0.704. The summed E-state index contributed by atoms with van der Waals surface area (Å²) in [5.74, 6) is 0. The summed E-state index contributed by atoms with van der Waals surface area (Å²) < 4.78 is 0. The molecule has 0 aliphatic rings. The molecule has 0 aromatic carbocycles. The van der Waals surface area contributed by atoms with Crippen LogP contribution in [0.2, 0.25) is 0 Å². The minimum atomic E-state index is 0.224. The van der Waals surface area contributed by atoms with Gasteiger partial charge in [-0.15, -0.1) is 0 Å². The molecule has 0 aliphatic carbocycles. The zero-order valence-electron chi connectivity index (χ0n) is 10.7. The summed E-state index contributed by atoms with van der Waals surface area (Å²) >= 11 is 9.47. The molecule has 0 aliphatic heterocycles. The maximum absolute atomic E-state index is 5.90. The van der Waals surface area contributed by atoms with Gasteiger partial charge in [0, 0.05) is 5.03 Å². The smallest absolute Gasteiger partial charge is 0.0501 e. The first-order chi connectivity index (χ1) is 6.59. The summed E-state index contributed by atoms with van der Waals surface area (Å²) in [7, 11) is 0. The Bertz CT molecular complexity index is 219. The van der Waals surface area contributed by atoms with E-state index >= 15 is 0 Å². The van der Waals surface area contributed by atoms with Crippen molar-refractivity contribution in [3.8, 4) is 0 Å². The van der Waals surface area contributed by atoms with E-state index in [1.807, 2.05) is 0 Å². The van der Waals surface area contributed by atoms with Crippen molar-refractivity contribution < 1.29 is 0 Å². The van der Waals surface area contributed by atoms with Gasteiger partial charge in [-0.25, -0.2) is 0 Å². The van der Waals surface area contributed by atoms with Crippen LogP contribution in [0.3, 0.4) is 0 Å². The molecule has 0 saturated carbocycles. The first-order valence-electron chi connectivity index (χ1n) is 5.58. The minimum absolute atomic E-state index is 0.224. The van der Waals surface area contributed by atoms with Gasteiger partial charge in [0.15, 0.2) is 0 Å². The van der Waals surface area contributed by atoms with E-state index in [2.05, 4.69) is 57.1 Å². The normalized spacial score (nSPS) is 15.1. The lowest BCUT2D eigenvalue weighted by Crippen LogP contribution is -2.25. The van der Waals surface area contributed by atoms with Crippen LogP contribution in [0.5, 0.6) is 0 Å². The largest absolute Gasteiger partial charge is 0.0886 e. The summed E-state index contributed by atoms with van der Waals surface area (Å²) in [6, 6.07) is 0. The summed E-state index contributed by atoms with van der Waals surface area (Å²) in [6.45, 7) is 15.3. The van der Waals surface area contributed by atoms with Crippen molar-refractivity contribution in [2.75, 3.05) is 0 Å². The van der Waals surface area contributed by atoms with Crippen LogP contribution in [0.1, 0.15) is 53.9 Å². The van der Waals surface area contributed by atoms with Crippen molar-refractivity contribution in [3.63, 3.8) is 0 Å². The standard InChI is InChI=1S/C13H24BrCl/c1-7-12(3,4)9-13(5,6)8-11(14)10(2)15/h11H,2,7-9H2,1,3-6H3. The van der Waals surface area contributed by atoms with Crippen LogP contribution in [-0.2, 0) is 0 Å². The molecule has 0 rings (SSSR count). The van der Waals surface area contributed by atoms with Crippen molar-refractivity contribution in [1.82, 2.24) is 0 Å². The summed E-state index contributed by atoms with van der Waals surface area (Å²) in [5, 5.41) is 0.706. The number of alkyl halides is 1. The van der Waals surface area contributed by atoms with Gasteiger partial charge < -0.3 is 0 Å². The molecule has 0 bridgehead atoms. The molecular weight excluding hydrogens is 272 g/mol. The molecule has 0 fully saturated rings. The van der Waals surface area contributed by atoms with Crippen molar-refractivity contribution in [2.24, 2.45) is 10.8 Å². The Balaban J connectivity index is 4.36. The zero-order valence-corrected chi connectivity index (χ0v) is 13.0. The van der Waals surface area contributed by atoms with Gasteiger partial charge in [0.2, 0.25) is 0 Å². The highest BCUT2D eigenvalue weighted by Crippen LogP contribution is 2.41. The molecule has 0 nitrogen and oxygen atoms in total. The second kappa shape index (κ2) is 5.72. The van der Waals surface area contributed by atoms with E-state index in [9.17, 15) is 0 Å². The molecule has 0 saturated heterocycles. The highest BCUT2D eigenvalue weighted by atomic mass is 79.9. The van der Waals surface area contributed by atoms with E-state index in [1.165, 1.54) is 12.8 Å². The highest BCUT2D eigenvalue weighted by Gasteiger charge is 2.29. The topological polar surface area (TPSA) is 0 Å². The van der Waals surface area contributed by atoms with Gasteiger partial charge in [-0.3, -0.25) is 0 Å². The van der Waals surface area contributed by atoms with Crippen molar-refractivity contribution in [1.29, 1.82) is 0 Å². The molecule has 0 heterocycles. The molecule has 90 valence electrons. The predicted octanol–water partition coefficient (Wildman–Crippen LogP) is 5.75. The fourth-order valence-electron chi connectivity index (χ4n) is 2.09. The second-order valence-electron chi connectivity index (χ2n) is 5.98. The van der Waals surface area contributed by atoms with Gasteiger partial charge in [-0.05, 0) is 23.7 Å². The number of hydrogen-bond acceptors (Lipinski definition) is 0. The van der Waals surface area contributed by atoms with Crippen molar-refractivity contribution in [2.45, 2.75) is 58.7 Å². The molecule has 0 amide bonds. The van der Waals surface area contributed by atoms with Crippen molar-refractivity contribution in [3.05, 3.63) is 11.6 Å². The van der Waals surface area contributed by atoms with Gasteiger partial charge in [-0.1, -0.05) is 75.1 Å². The van der Waals surface area contributed by atoms with E-state index in [0.717, 1.165) is 6.42 Å². The van der Waals surface area contributed by atoms with Crippen LogP contribution < -0.4 is 0 Å². The summed E-state index contributed by atoms with van der Waals surface area (Å²) in [4.78, 5) is 0.224. The second-order valence-corrected chi connectivity index (χ2v) is 7.57. The Morgan fingerprint density at radius 3 is 2.07 bits per heavy atom. The molecule has 1 atom stereocenters.